The van der Waals surface area contributed by atoms with Crippen LogP contribution in [0.2, 0.25) is 0 Å². The molecule has 1 atom stereocenters. The van der Waals surface area contributed by atoms with Crippen molar-refractivity contribution in [2.75, 3.05) is 38.6 Å². The summed E-state index contributed by atoms with van der Waals surface area (Å²) in [6.07, 6.45) is 2.03. The molecule has 1 saturated heterocycles. The van der Waals surface area contributed by atoms with Gasteiger partial charge in [-0.2, -0.15) is 0 Å². The lowest BCUT2D eigenvalue weighted by Gasteiger charge is -2.33. The van der Waals surface area contributed by atoms with Gasteiger partial charge in [0.2, 0.25) is 5.91 Å². The van der Waals surface area contributed by atoms with Crippen molar-refractivity contribution in [3.63, 3.8) is 0 Å². The molecule has 25 heavy (non-hydrogen) atoms. The van der Waals surface area contributed by atoms with Crippen molar-refractivity contribution in [2.24, 2.45) is 11.3 Å². The third-order valence-electron chi connectivity index (χ3n) is 4.67. The van der Waals surface area contributed by atoms with Gasteiger partial charge in [0, 0.05) is 50.4 Å². The molecule has 1 aromatic rings. The number of likely N-dealkylation sites (tertiary alicyclic amines) is 1. The Hall–Kier alpha value is -2.04. The maximum Gasteiger partial charge on any atom is 0.253 e. The van der Waals surface area contributed by atoms with Gasteiger partial charge in [-0.25, -0.2) is 0 Å². The van der Waals surface area contributed by atoms with Crippen LogP contribution in [0.5, 0.6) is 0 Å². The number of anilines is 1. The Morgan fingerprint density at radius 3 is 2.40 bits per heavy atom. The van der Waals surface area contributed by atoms with E-state index >= 15 is 0 Å². The summed E-state index contributed by atoms with van der Waals surface area (Å²) in [5.74, 6) is 0.470. The zero-order valence-electron chi connectivity index (χ0n) is 16.1. The van der Waals surface area contributed by atoms with E-state index in [1.54, 1.807) is 0 Å². The molecule has 0 spiro atoms. The van der Waals surface area contributed by atoms with Crippen molar-refractivity contribution >= 4 is 17.5 Å². The smallest absolute Gasteiger partial charge is 0.253 e. The topological polar surface area (TPSA) is 52.7 Å². The number of carbonyl (C=O) groups excluding carboxylic acids is 2. The lowest BCUT2D eigenvalue weighted by atomic mass is 9.94. The number of hydrogen-bond acceptors (Lipinski definition) is 3. The summed E-state index contributed by atoms with van der Waals surface area (Å²) >= 11 is 0. The summed E-state index contributed by atoms with van der Waals surface area (Å²) in [4.78, 5) is 28.7. The second-order valence-corrected chi connectivity index (χ2v) is 8.16. The highest BCUT2D eigenvalue weighted by Gasteiger charge is 2.26. The maximum absolute atomic E-state index is 12.7. The molecule has 1 heterocycles. The van der Waals surface area contributed by atoms with Crippen LogP contribution < -0.4 is 10.2 Å². The molecule has 0 aromatic heterocycles. The Morgan fingerprint density at radius 1 is 1.20 bits per heavy atom. The minimum absolute atomic E-state index is 0.0650. The number of amides is 2. The number of hydrogen-bond donors (Lipinski definition) is 1. The molecule has 0 unspecified atom stereocenters. The summed E-state index contributed by atoms with van der Waals surface area (Å²) in [7, 11) is 3.97. The quantitative estimate of drug-likeness (QED) is 0.913. The van der Waals surface area contributed by atoms with Crippen LogP contribution in [0.15, 0.2) is 24.3 Å². The molecular formula is C20H31N3O2. The van der Waals surface area contributed by atoms with Gasteiger partial charge in [0.25, 0.3) is 5.91 Å². The van der Waals surface area contributed by atoms with Crippen molar-refractivity contribution < 1.29 is 9.59 Å². The van der Waals surface area contributed by atoms with E-state index in [0.29, 0.717) is 19.0 Å². The van der Waals surface area contributed by atoms with E-state index in [1.165, 1.54) is 0 Å². The zero-order chi connectivity index (χ0) is 18.6. The molecule has 1 fully saturated rings. The molecule has 2 rings (SSSR count). The van der Waals surface area contributed by atoms with Gasteiger partial charge < -0.3 is 15.1 Å². The first-order chi connectivity index (χ1) is 11.7. The highest BCUT2D eigenvalue weighted by molar-refractivity contribution is 5.94. The summed E-state index contributed by atoms with van der Waals surface area (Å²) in [5, 5.41) is 3.03. The Bertz CT molecular complexity index is 602. The van der Waals surface area contributed by atoms with Gasteiger partial charge in [-0.05, 0) is 43.0 Å². The molecule has 5 heteroatoms. The van der Waals surface area contributed by atoms with Crippen LogP contribution in [0, 0.1) is 11.3 Å². The molecule has 1 aromatic carbocycles. The molecule has 0 saturated carbocycles. The molecule has 1 aliphatic heterocycles. The van der Waals surface area contributed by atoms with Crippen molar-refractivity contribution in [3.05, 3.63) is 29.8 Å². The third-order valence-corrected chi connectivity index (χ3v) is 4.67. The van der Waals surface area contributed by atoms with Crippen LogP contribution in [0.3, 0.4) is 0 Å². The molecule has 0 bridgehead atoms. The number of piperidine rings is 1. The number of benzene rings is 1. The highest BCUT2D eigenvalue weighted by Crippen LogP contribution is 2.20. The fraction of sp³-hybridized carbons (Fsp3) is 0.600. The zero-order valence-corrected chi connectivity index (χ0v) is 16.1. The minimum atomic E-state index is -0.377. The van der Waals surface area contributed by atoms with E-state index in [-0.39, 0.29) is 17.2 Å². The highest BCUT2D eigenvalue weighted by atomic mass is 16.2. The fourth-order valence-electron chi connectivity index (χ4n) is 3.00. The van der Waals surface area contributed by atoms with E-state index in [1.807, 2.05) is 68.9 Å². The van der Waals surface area contributed by atoms with Crippen molar-refractivity contribution in [3.8, 4) is 0 Å². The predicted octanol–water partition coefficient (Wildman–Crippen LogP) is 2.77. The number of rotatable bonds is 4. The first-order valence-corrected chi connectivity index (χ1v) is 9.03. The molecule has 2 amide bonds. The fourth-order valence-corrected chi connectivity index (χ4v) is 3.00. The van der Waals surface area contributed by atoms with E-state index in [0.717, 1.165) is 30.6 Å². The van der Waals surface area contributed by atoms with Crippen LogP contribution in [0.25, 0.3) is 0 Å². The summed E-state index contributed by atoms with van der Waals surface area (Å²) < 4.78 is 0. The van der Waals surface area contributed by atoms with Crippen molar-refractivity contribution in [1.29, 1.82) is 0 Å². The lowest BCUT2D eigenvalue weighted by molar-refractivity contribution is -0.128. The van der Waals surface area contributed by atoms with Crippen molar-refractivity contribution in [2.45, 2.75) is 33.6 Å². The van der Waals surface area contributed by atoms with Crippen LogP contribution in [-0.2, 0) is 4.79 Å². The lowest BCUT2D eigenvalue weighted by Crippen LogP contribution is -2.45. The van der Waals surface area contributed by atoms with Crippen LogP contribution in [0.4, 0.5) is 5.69 Å². The van der Waals surface area contributed by atoms with Crippen LogP contribution in [-0.4, -0.2) is 50.4 Å². The Balaban J connectivity index is 1.93. The second kappa shape index (κ2) is 7.89. The molecule has 1 aliphatic rings. The van der Waals surface area contributed by atoms with Crippen LogP contribution in [0.1, 0.15) is 44.0 Å². The number of nitrogens with zero attached hydrogens (tertiary/aromatic N) is 2. The van der Waals surface area contributed by atoms with Gasteiger partial charge >= 0.3 is 0 Å². The second-order valence-electron chi connectivity index (χ2n) is 8.16. The van der Waals surface area contributed by atoms with E-state index in [2.05, 4.69) is 5.32 Å². The average Bonchev–Trinajstić information content (AvgIpc) is 2.58. The van der Waals surface area contributed by atoms with E-state index < -0.39 is 0 Å². The number of carbonyl (C=O) groups is 2. The Morgan fingerprint density at radius 2 is 1.84 bits per heavy atom. The first kappa shape index (κ1) is 19.3. The normalized spacial score (nSPS) is 18.0. The summed E-state index contributed by atoms with van der Waals surface area (Å²) in [6, 6.07) is 7.72. The third kappa shape index (κ3) is 5.21. The Labute approximate surface area is 151 Å². The van der Waals surface area contributed by atoms with Gasteiger partial charge in [0.05, 0.1) is 0 Å². The SMILES string of the molecule is CN(C)c1ccc(C(=O)N2CCC[C@@H](CNC(=O)C(C)(C)C)C2)cc1. The minimum Gasteiger partial charge on any atom is -0.378 e. The average molecular weight is 345 g/mol. The summed E-state index contributed by atoms with van der Waals surface area (Å²) in [5.41, 5.74) is 1.43. The van der Waals surface area contributed by atoms with Gasteiger partial charge in [-0.15, -0.1) is 0 Å². The largest absolute Gasteiger partial charge is 0.378 e. The van der Waals surface area contributed by atoms with Crippen molar-refractivity contribution in [1.82, 2.24) is 10.2 Å². The van der Waals surface area contributed by atoms with Gasteiger partial charge in [0.1, 0.15) is 0 Å². The molecule has 0 radical (unpaired) electrons. The van der Waals surface area contributed by atoms with Gasteiger partial charge in [-0.1, -0.05) is 20.8 Å². The molecular weight excluding hydrogens is 314 g/mol. The molecule has 1 N–H and O–H groups in total. The molecule has 5 nitrogen and oxygen atoms in total. The predicted molar refractivity (Wildman–Crippen MR) is 102 cm³/mol. The van der Waals surface area contributed by atoms with Gasteiger partial charge in [-0.3, -0.25) is 9.59 Å². The first-order valence-electron chi connectivity index (χ1n) is 9.03. The maximum atomic E-state index is 12.7. The van der Waals surface area contributed by atoms with E-state index in [4.69, 9.17) is 0 Å². The Kier molecular flexibility index (Phi) is 6.09. The molecule has 138 valence electrons. The van der Waals surface area contributed by atoms with E-state index in [9.17, 15) is 9.59 Å². The van der Waals surface area contributed by atoms with Gasteiger partial charge in [0.15, 0.2) is 0 Å². The molecule has 0 aliphatic carbocycles. The standard InChI is InChI=1S/C20H31N3O2/c1-20(2,3)19(25)21-13-15-7-6-12-23(14-15)18(24)16-8-10-17(11-9-16)22(4)5/h8-11,15H,6-7,12-14H2,1-5H3,(H,21,25)/t15-/m0/s1. The summed E-state index contributed by atoms with van der Waals surface area (Å²) in [6.45, 7) is 7.87. The monoisotopic (exact) mass is 345 g/mol. The number of nitrogens with one attached hydrogen (secondary N) is 1. The van der Waals surface area contributed by atoms with Crippen LogP contribution >= 0.6 is 0 Å².